The second-order valence-corrected chi connectivity index (χ2v) is 5.61. The fraction of sp³-hybridized carbons (Fsp3) is 0.389. The van der Waals surface area contributed by atoms with Gasteiger partial charge in [0.05, 0.1) is 0 Å². The van der Waals surface area contributed by atoms with Gasteiger partial charge in [-0.15, -0.1) is 0 Å². The Morgan fingerprint density at radius 1 is 1.10 bits per heavy atom. The van der Waals surface area contributed by atoms with Gasteiger partial charge in [0.25, 0.3) is 0 Å². The van der Waals surface area contributed by atoms with E-state index in [1.165, 1.54) is 42.4 Å². The molecular weight excluding hydrogens is 246 g/mol. The lowest BCUT2D eigenvalue weighted by molar-refractivity contribution is -0.698. The Morgan fingerprint density at radius 3 is 2.80 bits per heavy atom. The van der Waals surface area contributed by atoms with Crippen molar-refractivity contribution in [3.05, 3.63) is 59.4 Å². The van der Waals surface area contributed by atoms with Gasteiger partial charge in [-0.05, 0) is 55.9 Å². The highest BCUT2D eigenvalue weighted by atomic mass is 16.5. The fourth-order valence-corrected chi connectivity index (χ4v) is 2.83. The second kappa shape index (κ2) is 6.08. The van der Waals surface area contributed by atoms with Gasteiger partial charge in [0.15, 0.2) is 18.9 Å². The first-order chi connectivity index (χ1) is 9.81. The first-order valence-corrected chi connectivity index (χ1v) is 7.51. The van der Waals surface area contributed by atoms with Crippen molar-refractivity contribution in [3.63, 3.8) is 0 Å². The van der Waals surface area contributed by atoms with E-state index in [0.717, 1.165) is 12.3 Å². The molecule has 20 heavy (non-hydrogen) atoms. The molecule has 0 spiro atoms. The van der Waals surface area contributed by atoms with E-state index in [1.807, 2.05) is 12.1 Å². The average Bonchev–Trinajstić information content (AvgIpc) is 2.47. The Hall–Kier alpha value is -1.83. The summed E-state index contributed by atoms with van der Waals surface area (Å²) in [7, 11) is 0. The van der Waals surface area contributed by atoms with Crippen LogP contribution in [0.3, 0.4) is 0 Å². The van der Waals surface area contributed by atoms with E-state index in [4.69, 9.17) is 4.74 Å². The molecule has 104 valence electrons. The summed E-state index contributed by atoms with van der Waals surface area (Å²) in [6.07, 6.45) is 9.63. The molecule has 0 radical (unpaired) electrons. The van der Waals surface area contributed by atoms with E-state index >= 15 is 0 Å². The number of aromatic nitrogens is 1. The summed E-state index contributed by atoms with van der Waals surface area (Å²) in [4.78, 5) is 0. The molecule has 0 N–H and O–H groups in total. The van der Waals surface area contributed by atoms with Crippen LogP contribution in [-0.2, 0) is 19.4 Å². The Bertz CT molecular complexity index is 592. The summed E-state index contributed by atoms with van der Waals surface area (Å²) in [6, 6.07) is 10.5. The Morgan fingerprint density at radius 2 is 1.95 bits per heavy atom. The van der Waals surface area contributed by atoms with Crippen molar-refractivity contribution >= 4 is 0 Å². The highest BCUT2D eigenvalue weighted by Crippen LogP contribution is 2.18. The maximum absolute atomic E-state index is 5.81. The standard InChI is InChI=1S/C18H22NO/c1-15-5-4-8-18(13-15)20-12-11-19-10-9-16-6-2-3-7-17(16)14-19/h4-5,8-10,13-14H,2-3,6-7,11-12H2,1H3/q+1. The Balaban J connectivity index is 1.58. The van der Waals surface area contributed by atoms with Crippen LogP contribution in [0.15, 0.2) is 42.7 Å². The molecule has 0 saturated carbocycles. The normalized spacial score (nSPS) is 13.8. The summed E-state index contributed by atoms with van der Waals surface area (Å²) in [5.41, 5.74) is 4.30. The number of ether oxygens (including phenoxy) is 1. The van der Waals surface area contributed by atoms with Gasteiger partial charge in [-0.2, -0.15) is 0 Å². The molecule has 2 nitrogen and oxygen atoms in total. The molecule has 3 rings (SSSR count). The Kier molecular flexibility index (Phi) is 4.00. The summed E-state index contributed by atoms with van der Waals surface area (Å²) in [5, 5.41) is 0. The molecular formula is C18H22NO+. The van der Waals surface area contributed by atoms with Gasteiger partial charge >= 0.3 is 0 Å². The highest BCUT2D eigenvalue weighted by Gasteiger charge is 2.13. The predicted octanol–water partition coefficient (Wildman–Crippen LogP) is 3.24. The van der Waals surface area contributed by atoms with Crippen molar-refractivity contribution in [3.8, 4) is 5.75 Å². The second-order valence-electron chi connectivity index (χ2n) is 5.61. The molecule has 1 aromatic carbocycles. The predicted molar refractivity (Wildman–Crippen MR) is 80.0 cm³/mol. The van der Waals surface area contributed by atoms with Gasteiger partial charge in [-0.25, -0.2) is 4.57 Å². The third-order valence-corrected chi connectivity index (χ3v) is 3.95. The van der Waals surface area contributed by atoms with E-state index in [9.17, 15) is 0 Å². The number of hydrogen-bond donors (Lipinski definition) is 0. The number of hydrogen-bond acceptors (Lipinski definition) is 1. The van der Waals surface area contributed by atoms with Crippen molar-refractivity contribution in [1.82, 2.24) is 0 Å². The molecule has 1 aliphatic rings. The van der Waals surface area contributed by atoms with Gasteiger partial charge in [0, 0.05) is 11.6 Å². The van der Waals surface area contributed by atoms with Gasteiger partial charge in [0.1, 0.15) is 12.4 Å². The van der Waals surface area contributed by atoms with Crippen molar-refractivity contribution in [1.29, 1.82) is 0 Å². The first kappa shape index (κ1) is 13.2. The van der Waals surface area contributed by atoms with Crippen LogP contribution < -0.4 is 9.30 Å². The summed E-state index contributed by atoms with van der Waals surface area (Å²) >= 11 is 0. The average molecular weight is 268 g/mol. The number of pyridine rings is 1. The number of benzene rings is 1. The zero-order valence-corrected chi connectivity index (χ0v) is 12.1. The molecule has 0 bridgehead atoms. The van der Waals surface area contributed by atoms with E-state index in [2.05, 4.69) is 42.1 Å². The quantitative estimate of drug-likeness (QED) is 0.776. The monoisotopic (exact) mass is 268 g/mol. The van der Waals surface area contributed by atoms with Gasteiger partial charge in [0.2, 0.25) is 0 Å². The van der Waals surface area contributed by atoms with E-state index < -0.39 is 0 Å². The lowest BCUT2D eigenvalue weighted by atomic mass is 9.93. The molecule has 2 heteroatoms. The van der Waals surface area contributed by atoms with Gasteiger partial charge in [-0.3, -0.25) is 0 Å². The SMILES string of the molecule is Cc1cccc(OCC[n+]2ccc3c(c2)CCCC3)c1. The number of aryl methyl sites for hydroxylation is 3. The van der Waals surface area contributed by atoms with Gasteiger partial charge < -0.3 is 4.74 Å². The van der Waals surface area contributed by atoms with Crippen molar-refractivity contribution in [2.75, 3.05) is 6.61 Å². The maximum Gasteiger partial charge on any atom is 0.182 e. The van der Waals surface area contributed by atoms with E-state index in [0.29, 0.717) is 6.61 Å². The molecule has 0 unspecified atom stereocenters. The van der Waals surface area contributed by atoms with Crippen LogP contribution >= 0.6 is 0 Å². The molecule has 0 fully saturated rings. The van der Waals surface area contributed by atoms with Crippen LogP contribution in [0.5, 0.6) is 5.75 Å². The van der Waals surface area contributed by atoms with Crippen molar-refractivity contribution in [2.45, 2.75) is 39.2 Å². The lowest BCUT2D eigenvalue weighted by Gasteiger charge is -2.13. The summed E-state index contributed by atoms with van der Waals surface area (Å²) in [6.45, 7) is 3.71. The van der Waals surface area contributed by atoms with Crippen LogP contribution in [0.2, 0.25) is 0 Å². The molecule has 0 amide bonds. The number of fused-ring (bicyclic) bond motifs is 1. The molecule has 0 atom stereocenters. The molecule has 2 aromatic rings. The van der Waals surface area contributed by atoms with Crippen LogP contribution in [0.1, 0.15) is 29.5 Å². The lowest BCUT2D eigenvalue weighted by Crippen LogP contribution is -2.37. The van der Waals surface area contributed by atoms with Crippen LogP contribution in [-0.4, -0.2) is 6.61 Å². The topological polar surface area (TPSA) is 13.1 Å². The Labute approximate surface area is 121 Å². The third-order valence-electron chi connectivity index (χ3n) is 3.95. The van der Waals surface area contributed by atoms with Crippen molar-refractivity contribution in [2.24, 2.45) is 0 Å². The van der Waals surface area contributed by atoms with Gasteiger partial charge in [-0.1, -0.05) is 12.1 Å². The first-order valence-electron chi connectivity index (χ1n) is 7.51. The fourth-order valence-electron chi connectivity index (χ4n) is 2.83. The largest absolute Gasteiger partial charge is 0.487 e. The van der Waals surface area contributed by atoms with E-state index in [-0.39, 0.29) is 0 Å². The molecule has 1 heterocycles. The van der Waals surface area contributed by atoms with Crippen LogP contribution in [0.4, 0.5) is 0 Å². The molecule has 0 saturated heterocycles. The number of rotatable bonds is 4. The molecule has 1 aromatic heterocycles. The summed E-state index contributed by atoms with van der Waals surface area (Å²) < 4.78 is 8.06. The highest BCUT2D eigenvalue weighted by molar-refractivity contribution is 5.27. The zero-order chi connectivity index (χ0) is 13.8. The molecule has 1 aliphatic carbocycles. The zero-order valence-electron chi connectivity index (χ0n) is 12.1. The minimum atomic E-state index is 0.715. The minimum absolute atomic E-state index is 0.715. The number of nitrogens with zero attached hydrogens (tertiary/aromatic N) is 1. The molecule has 0 aliphatic heterocycles. The summed E-state index contributed by atoms with van der Waals surface area (Å²) in [5.74, 6) is 0.962. The van der Waals surface area contributed by atoms with E-state index in [1.54, 1.807) is 0 Å². The maximum atomic E-state index is 5.81. The van der Waals surface area contributed by atoms with Crippen LogP contribution in [0, 0.1) is 6.92 Å². The van der Waals surface area contributed by atoms with Crippen LogP contribution in [0.25, 0.3) is 0 Å². The van der Waals surface area contributed by atoms with Crippen molar-refractivity contribution < 1.29 is 9.30 Å². The smallest absolute Gasteiger partial charge is 0.182 e. The third kappa shape index (κ3) is 3.19. The minimum Gasteiger partial charge on any atom is -0.487 e.